The van der Waals surface area contributed by atoms with Crippen molar-refractivity contribution in [2.75, 3.05) is 36.5 Å². The Hall–Kier alpha value is -1.44. The van der Waals surface area contributed by atoms with Crippen molar-refractivity contribution >= 4 is 49.1 Å². The van der Waals surface area contributed by atoms with Crippen LogP contribution in [0.1, 0.15) is 10.4 Å². The summed E-state index contributed by atoms with van der Waals surface area (Å²) >= 11 is 6.68. The summed E-state index contributed by atoms with van der Waals surface area (Å²) in [5.41, 5.74) is 1.53. The summed E-state index contributed by atoms with van der Waals surface area (Å²) in [4.78, 5) is 14.6. The van der Waals surface area contributed by atoms with Crippen molar-refractivity contribution in [1.29, 1.82) is 0 Å². The minimum atomic E-state index is -0.557. The van der Waals surface area contributed by atoms with Crippen LogP contribution < -0.4 is 10.2 Å². The molecule has 24 heavy (non-hydrogen) atoms. The molecule has 1 saturated heterocycles. The maximum absolute atomic E-state index is 13.9. The molecule has 0 atom stereocenters. The second kappa shape index (κ2) is 7.63. The van der Waals surface area contributed by atoms with Crippen molar-refractivity contribution in [3.05, 3.63) is 56.7 Å². The van der Waals surface area contributed by atoms with E-state index in [1.54, 1.807) is 6.07 Å². The highest BCUT2D eigenvalue weighted by Crippen LogP contribution is 2.30. The molecular formula is C17H15Br2FN2O2. The van der Waals surface area contributed by atoms with E-state index in [1.165, 1.54) is 12.1 Å². The molecule has 1 aliphatic heterocycles. The Kier molecular flexibility index (Phi) is 5.53. The zero-order chi connectivity index (χ0) is 17.1. The molecule has 3 rings (SSSR count). The van der Waals surface area contributed by atoms with Gasteiger partial charge in [-0.15, -0.1) is 0 Å². The van der Waals surface area contributed by atoms with Crippen LogP contribution in [0.5, 0.6) is 0 Å². The molecule has 7 heteroatoms. The van der Waals surface area contributed by atoms with Crippen molar-refractivity contribution in [2.45, 2.75) is 0 Å². The third-order valence-electron chi connectivity index (χ3n) is 3.73. The Morgan fingerprint density at radius 2 is 1.75 bits per heavy atom. The third-order valence-corrected chi connectivity index (χ3v) is 4.72. The highest BCUT2D eigenvalue weighted by molar-refractivity contribution is 9.10. The first kappa shape index (κ1) is 17.4. The number of hydrogen-bond donors (Lipinski definition) is 1. The third kappa shape index (κ3) is 3.96. The van der Waals surface area contributed by atoms with Gasteiger partial charge in [0.15, 0.2) is 0 Å². The topological polar surface area (TPSA) is 41.6 Å². The van der Waals surface area contributed by atoms with E-state index < -0.39 is 11.7 Å². The predicted octanol–water partition coefficient (Wildman–Crippen LogP) is 4.44. The van der Waals surface area contributed by atoms with E-state index in [0.29, 0.717) is 23.4 Å². The lowest BCUT2D eigenvalue weighted by atomic mass is 10.1. The molecule has 1 heterocycles. The lowest BCUT2D eigenvalue weighted by Gasteiger charge is -2.30. The van der Waals surface area contributed by atoms with Crippen molar-refractivity contribution < 1.29 is 13.9 Å². The minimum absolute atomic E-state index is 0.00252. The fourth-order valence-electron chi connectivity index (χ4n) is 2.55. The summed E-state index contributed by atoms with van der Waals surface area (Å²) < 4.78 is 20.8. The van der Waals surface area contributed by atoms with Crippen molar-refractivity contribution in [3.63, 3.8) is 0 Å². The maximum atomic E-state index is 13.9. The van der Waals surface area contributed by atoms with Crippen LogP contribution in [0.2, 0.25) is 0 Å². The molecule has 4 nitrogen and oxygen atoms in total. The molecule has 126 valence electrons. The molecule has 1 amide bonds. The average Bonchev–Trinajstić information content (AvgIpc) is 2.58. The van der Waals surface area contributed by atoms with E-state index in [0.717, 1.165) is 23.2 Å². The molecule has 2 aromatic rings. The molecule has 0 saturated carbocycles. The monoisotopic (exact) mass is 456 g/mol. The van der Waals surface area contributed by atoms with Crippen LogP contribution in [0.25, 0.3) is 0 Å². The van der Waals surface area contributed by atoms with Gasteiger partial charge in [-0.3, -0.25) is 4.79 Å². The van der Waals surface area contributed by atoms with Gasteiger partial charge < -0.3 is 15.0 Å². The first-order valence-electron chi connectivity index (χ1n) is 7.43. The second-order valence-electron chi connectivity index (χ2n) is 5.34. The molecule has 0 bridgehead atoms. The minimum Gasteiger partial charge on any atom is -0.378 e. The Morgan fingerprint density at radius 1 is 1.08 bits per heavy atom. The summed E-state index contributed by atoms with van der Waals surface area (Å²) in [7, 11) is 0. The predicted molar refractivity (Wildman–Crippen MR) is 99.2 cm³/mol. The van der Waals surface area contributed by atoms with E-state index >= 15 is 0 Å². The number of anilines is 2. The molecular weight excluding hydrogens is 443 g/mol. The Labute approximate surface area is 156 Å². The van der Waals surface area contributed by atoms with Crippen LogP contribution in [0, 0.1) is 5.82 Å². The largest absolute Gasteiger partial charge is 0.378 e. The van der Waals surface area contributed by atoms with Crippen molar-refractivity contribution in [2.24, 2.45) is 0 Å². The molecule has 0 spiro atoms. The zero-order valence-electron chi connectivity index (χ0n) is 12.7. The van der Waals surface area contributed by atoms with Gasteiger partial charge in [0.25, 0.3) is 5.91 Å². The van der Waals surface area contributed by atoms with Crippen LogP contribution in [-0.4, -0.2) is 32.2 Å². The summed E-state index contributed by atoms with van der Waals surface area (Å²) in [6, 6.07) is 9.96. The van der Waals surface area contributed by atoms with Gasteiger partial charge in [-0.25, -0.2) is 4.39 Å². The molecule has 0 aliphatic carbocycles. The summed E-state index contributed by atoms with van der Waals surface area (Å²) in [5.74, 6) is -1.04. The van der Waals surface area contributed by atoms with Gasteiger partial charge in [-0.2, -0.15) is 0 Å². The Balaban J connectivity index is 1.89. The smallest absolute Gasteiger partial charge is 0.258 e. The van der Waals surface area contributed by atoms with Gasteiger partial charge in [-0.05, 0) is 36.4 Å². The van der Waals surface area contributed by atoms with E-state index in [9.17, 15) is 9.18 Å². The van der Waals surface area contributed by atoms with Crippen LogP contribution in [-0.2, 0) is 4.74 Å². The standard InChI is InChI=1S/C17H15Br2FN2O2/c18-11-1-3-14(20)13(9-11)17(23)21-15-10-12(19)2-4-16(15)22-5-7-24-8-6-22/h1-4,9-10H,5-8H2,(H,21,23). The Bertz CT molecular complexity index is 764. The number of nitrogens with one attached hydrogen (secondary N) is 1. The molecule has 1 aliphatic rings. The number of carbonyl (C=O) groups is 1. The van der Waals surface area contributed by atoms with Gasteiger partial charge >= 0.3 is 0 Å². The number of morpholine rings is 1. The van der Waals surface area contributed by atoms with Crippen LogP contribution in [0.4, 0.5) is 15.8 Å². The fourth-order valence-corrected chi connectivity index (χ4v) is 3.27. The molecule has 0 radical (unpaired) electrons. The van der Waals surface area contributed by atoms with Gasteiger partial charge in [0.1, 0.15) is 5.82 Å². The van der Waals surface area contributed by atoms with E-state index in [-0.39, 0.29) is 5.56 Å². The van der Waals surface area contributed by atoms with Crippen LogP contribution >= 0.6 is 31.9 Å². The molecule has 0 unspecified atom stereocenters. The van der Waals surface area contributed by atoms with E-state index in [1.807, 2.05) is 18.2 Å². The van der Waals surface area contributed by atoms with Gasteiger partial charge in [0, 0.05) is 22.0 Å². The molecule has 1 fully saturated rings. The quantitative estimate of drug-likeness (QED) is 0.740. The first-order chi connectivity index (χ1) is 11.5. The average molecular weight is 458 g/mol. The highest BCUT2D eigenvalue weighted by atomic mass is 79.9. The fraction of sp³-hybridized carbons (Fsp3) is 0.235. The summed E-state index contributed by atoms with van der Waals surface area (Å²) in [5, 5.41) is 2.82. The number of halogens is 3. The van der Waals surface area contributed by atoms with Crippen LogP contribution in [0.3, 0.4) is 0 Å². The molecule has 1 N–H and O–H groups in total. The maximum Gasteiger partial charge on any atom is 0.258 e. The number of hydrogen-bond acceptors (Lipinski definition) is 3. The number of amides is 1. The first-order valence-corrected chi connectivity index (χ1v) is 9.02. The number of benzene rings is 2. The molecule has 2 aromatic carbocycles. The second-order valence-corrected chi connectivity index (χ2v) is 7.17. The lowest BCUT2D eigenvalue weighted by Crippen LogP contribution is -2.36. The summed E-state index contributed by atoms with van der Waals surface area (Å²) in [6.45, 7) is 2.78. The highest BCUT2D eigenvalue weighted by Gasteiger charge is 2.18. The number of ether oxygens (including phenoxy) is 1. The number of carbonyl (C=O) groups excluding carboxylic acids is 1. The normalized spacial score (nSPS) is 14.5. The summed E-state index contributed by atoms with van der Waals surface area (Å²) in [6.07, 6.45) is 0. The van der Waals surface area contributed by atoms with E-state index in [4.69, 9.17) is 4.74 Å². The van der Waals surface area contributed by atoms with E-state index in [2.05, 4.69) is 42.1 Å². The van der Waals surface area contributed by atoms with Crippen molar-refractivity contribution in [3.8, 4) is 0 Å². The molecule has 0 aromatic heterocycles. The lowest BCUT2D eigenvalue weighted by molar-refractivity contribution is 0.102. The SMILES string of the molecule is O=C(Nc1cc(Br)ccc1N1CCOCC1)c1cc(Br)ccc1F. The van der Waals surface area contributed by atoms with Gasteiger partial charge in [-0.1, -0.05) is 31.9 Å². The van der Waals surface area contributed by atoms with Gasteiger partial charge in [0.05, 0.1) is 30.2 Å². The number of rotatable bonds is 3. The Morgan fingerprint density at radius 3 is 2.50 bits per heavy atom. The van der Waals surface area contributed by atoms with Crippen molar-refractivity contribution in [1.82, 2.24) is 0 Å². The number of nitrogens with zero attached hydrogens (tertiary/aromatic N) is 1. The van der Waals surface area contributed by atoms with Crippen LogP contribution in [0.15, 0.2) is 45.3 Å². The van der Waals surface area contributed by atoms with Gasteiger partial charge in [0.2, 0.25) is 0 Å². The zero-order valence-corrected chi connectivity index (χ0v) is 15.9.